The van der Waals surface area contributed by atoms with Gasteiger partial charge in [0.2, 0.25) is 11.5 Å². The van der Waals surface area contributed by atoms with Crippen molar-refractivity contribution in [3.8, 4) is 0 Å². The van der Waals surface area contributed by atoms with Crippen LogP contribution >= 0.6 is 0 Å². The first-order valence-electron chi connectivity index (χ1n) is 4.05. The molecule has 0 atom stereocenters. The van der Waals surface area contributed by atoms with E-state index in [1.54, 1.807) is 11.9 Å². The lowest BCUT2D eigenvalue weighted by Crippen LogP contribution is -2.29. The van der Waals surface area contributed by atoms with Crippen LogP contribution in [0.1, 0.15) is 23.3 Å². The van der Waals surface area contributed by atoms with Crippen LogP contribution in [-0.4, -0.2) is 34.2 Å². The van der Waals surface area contributed by atoms with Crippen molar-refractivity contribution in [1.29, 1.82) is 0 Å². The molecule has 0 bridgehead atoms. The number of nitrogens with two attached hydrogens (primary N) is 1. The topological polar surface area (TPSA) is 85.2 Å². The first-order chi connectivity index (χ1) is 6.20. The molecule has 2 rings (SSSR count). The van der Waals surface area contributed by atoms with Gasteiger partial charge in [-0.05, 0) is 23.2 Å². The van der Waals surface area contributed by atoms with Crippen molar-refractivity contribution in [1.82, 2.24) is 15.2 Å². The first-order valence-corrected chi connectivity index (χ1v) is 4.05. The van der Waals surface area contributed by atoms with Gasteiger partial charge in [-0.25, -0.2) is 4.63 Å². The van der Waals surface area contributed by atoms with Crippen LogP contribution in [0.3, 0.4) is 0 Å². The zero-order valence-electron chi connectivity index (χ0n) is 7.23. The van der Waals surface area contributed by atoms with Crippen molar-refractivity contribution in [2.24, 2.45) is 0 Å². The van der Waals surface area contributed by atoms with Crippen molar-refractivity contribution in [3.63, 3.8) is 0 Å². The van der Waals surface area contributed by atoms with E-state index in [0.717, 1.165) is 12.8 Å². The molecule has 0 radical (unpaired) electrons. The van der Waals surface area contributed by atoms with Crippen LogP contribution in [0.15, 0.2) is 4.63 Å². The summed E-state index contributed by atoms with van der Waals surface area (Å²) in [5.41, 5.74) is 5.49. The fraction of sp³-hybridized carbons (Fsp3) is 0.571. The molecular weight excluding hydrogens is 172 g/mol. The summed E-state index contributed by atoms with van der Waals surface area (Å²) in [5, 5.41) is 6.79. The van der Waals surface area contributed by atoms with Gasteiger partial charge in [-0.1, -0.05) is 0 Å². The molecule has 1 fully saturated rings. The van der Waals surface area contributed by atoms with Crippen molar-refractivity contribution in [2.75, 3.05) is 12.8 Å². The van der Waals surface area contributed by atoms with Crippen LogP contribution in [-0.2, 0) is 0 Å². The van der Waals surface area contributed by atoms with E-state index in [9.17, 15) is 4.79 Å². The molecule has 1 heterocycles. The Bertz CT molecular complexity index is 331. The number of hydrogen-bond acceptors (Lipinski definition) is 5. The van der Waals surface area contributed by atoms with E-state index >= 15 is 0 Å². The maximum atomic E-state index is 11.6. The normalized spacial score (nSPS) is 15.8. The largest absolute Gasteiger partial charge is 0.379 e. The standard InChI is InChI=1S/C7H10N4O2/c1-11(4-2-3-4)7(12)5-6(8)10-13-9-5/h4H,2-3H2,1H3,(H2,8,10). The molecule has 1 saturated carbocycles. The number of aromatic nitrogens is 2. The third kappa shape index (κ3) is 1.34. The molecule has 0 spiro atoms. The monoisotopic (exact) mass is 182 g/mol. The molecule has 2 N–H and O–H groups in total. The molecule has 70 valence electrons. The quantitative estimate of drug-likeness (QED) is 0.689. The summed E-state index contributed by atoms with van der Waals surface area (Å²) in [4.78, 5) is 13.2. The van der Waals surface area contributed by atoms with Gasteiger partial charge < -0.3 is 10.6 Å². The molecule has 0 saturated heterocycles. The highest BCUT2D eigenvalue weighted by Gasteiger charge is 2.32. The average molecular weight is 182 g/mol. The molecule has 1 aromatic heterocycles. The number of hydrogen-bond donors (Lipinski definition) is 1. The number of anilines is 1. The van der Waals surface area contributed by atoms with E-state index in [1.807, 2.05) is 0 Å². The molecule has 1 aromatic rings. The predicted molar refractivity (Wildman–Crippen MR) is 43.8 cm³/mol. The summed E-state index contributed by atoms with van der Waals surface area (Å²) in [6.07, 6.45) is 2.10. The van der Waals surface area contributed by atoms with Crippen molar-refractivity contribution < 1.29 is 9.42 Å². The van der Waals surface area contributed by atoms with E-state index in [4.69, 9.17) is 5.73 Å². The lowest BCUT2D eigenvalue weighted by molar-refractivity contribution is 0.0774. The molecule has 0 aromatic carbocycles. The molecule has 0 unspecified atom stereocenters. The maximum Gasteiger partial charge on any atom is 0.280 e. The highest BCUT2D eigenvalue weighted by atomic mass is 16.6. The Hall–Kier alpha value is -1.59. The minimum absolute atomic E-state index is 0.0532. The maximum absolute atomic E-state index is 11.6. The Morgan fingerprint density at radius 1 is 1.62 bits per heavy atom. The minimum atomic E-state index is -0.221. The van der Waals surface area contributed by atoms with Gasteiger partial charge in [-0.3, -0.25) is 4.79 Å². The zero-order chi connectivity index (χ0) is 9.42. The van der Waals surface area contributed by atoms with E-state index in [2.05, 4.69) is 14.9 Å². The van der Waals surface area contributed by atoms with Gasteiger partial charge >= 0.3 is 0 Å². The molecular formula is C7H10N4O2. The molecule has 1 aliphatic carbocycles. The van der Waals surface area contributed by atoms with E-state index in [0.29, 0.717) is 6.04 Å². The lowest BCUT2D eigenvalue weighted by Gasteiger charge is -2.13. The Kier molecular flexibility index (Phi) is 1.68. The minimum Gasteiger partial charge on any atom is -0.379 e. The SMILES string of the molecule is CN(C(=O)c1nonc1N)C1CC1. The van der Waals surface area contributed by atoms with Crippen molar-refractivity contribution in [2.45, 2.75) is 18.9 Å². The van der Waals surface area contributed by atoms with Gasteiger partial charge in [-0.15, -0.1) is 0 Å². The highest BCUT2D eigenvalue weighted by Crippen LogP contribution is 2.26. The van der Waals surface area contributed by atoms with Gasteiger partial charge in [-0.2, -0.15) is 0 Å². The second-order valence-corrected chi connectivity index (χ2v) is 3.15. The third-order valence-corrected chi connectivity index (χ3v) is 2.13. The summed E-state index contributed by atoms with van der Waals surface area (Å²) >= 11 is 0. The van der Waals surface area contributed by atoms with E-state index in [1.165, 1.54) is 0 Å². The summed E-state index contributed by atoms with van der Waals surface area (Å²) in [7, 11) is 1.73. The molecule has 13 heavy (non-hydrogen) atoms. The Labute approximate surface area is 74.6 Å². The Morgan fingerprint density at radius 3 is 2.77 bits per heavy atom. The number of amides is 1. The molecule has 1 aliphatic rings. The van der Waals surface area contributed by atoms with Gasteiger partial charge in [0.15, 0.2) is 0 Å². The van der Waals surface area contributed by atoms with E-state index in [-0.39, 0.29) is 17.4 Å². The van der Waals surface area contributed by atoms with E-state index < -0.39 is 0 Å². The molecule has 0 aliphatic heterocycles. The second-order valence-electron chi connectivity index (χ2n) is 3.15. The predicted octanol–water partition coefficient (Wildman–Crippen LogP) is -0.114. The van der Waals surface area contributed by atoms with Crippen LogP contribution in [0.5, 0.6) is 0 Å². The summed E-state index contributed by atoms with van der Waals surface area (Å²) in [5.74, 6) is -0.168. The van der Waals surface area contributed by atoms with Crippen molar-refractivity contribution in [3.05, 3.63) is 5.69 Å². The van der Waals surface area contributed by atoms with Gasteiger partial charge in [0.05, 0.1) is 0 Å². The first kappa shape index (κ1) is 8.03. The Balaban J connectivity index is 2.16. The number of carbonyl (C=O) groups is 1. The van der Waals surface area contributed by atoms with Gasteiger partial charge in [0.25, 0.3) is 5.91 Å². The van der Waals surface area contributed by atoms with Crippen LogP contribution in [0.2, 0.25) is 0 Å². The molecule has 6 heteroatoms. The van der Waals surface area contributed by atoms with Crippen LogP contribution < -0.4 is 5.73 Å². The number of carbonyl (C=O) groups excluding carboxylic acids is 1. The molecule has 1 amide bonds. The van der Waals surface area contributed by atoms with Gasteiger partial charge in [0.1, 0.15) is 0 Å². The Morgan fingerprint density at radius 2 is 2.31 bits per heavy atom. The summed E-state index contributed by atoms with van der Waals surface area (Å²) < 4.78 is 4.34. The summed E-state index contributed by atoms with van der Waals surface area (Å²) in [6, 6.07) is 0.337. The number of nitrogen functional groups attached to an aromatic ring is 1. The van der Waals surface area contributed by atoms with Crippen LogP contribution in [0.25, 0.3) is 0 Å². The van der Waals surface area contributed by atoms with Crippen LogP contribution in [0.4, 0.5) is 5.82 Å². The third-order valence-electron chi connectivity index (χ3n) is 2.13. The smallest absolute Gasteiger partial charge is 0.280 e. The van der Waals surface area contributed by atoms with Crippen LogP contribution in [0, 0.1) is 0 Å². The van der Waals surface area contributed by atoms with Gasteiger partial charge in [0, 0.05) is 13.1 Å². The average Bonchev–Trinajstić information content (AvgIpc) is 2.87. The molecule has 6 nitrogen and oxygen atoms in total. The zero-order valence-corrected chi connectivity index (χ0v) is 7.23. The second kappa shape index (κ2) is 2.72. The lowest BCUT2D eigenvalue weighted by atomic mass is 10.3. The highest BCUT2D eigenvalue weighted by molar-refractivity contribution is 5.96. The number of nitrogens with zero attached hydrogens (tertiary/aromatic N) is 3. The fourth-order valence-electron chi connectivity index (χ4n) is 1.14. The number of rotatable bonds is 2. The summed E-state index contributed by atoms with van der Waals surface area (Å²) in [6.45, 7) is 0. The van der Waals surface area contributed by atoms with Crippen molar-refractivity contribution >= 4 is 11.7 Å². The fourth-order valence-corrected chi connectivity index (χ4v) is 1.14.